The molecule has 0 saturated carbocycles. The first-order valence-corrected chi connectivity index (χ1v) is 13.6. The topological polar surface area (TPSA) is 86.8 Å². The van der Waals surface area contributed by atoms with Crippen molar-refractivity contribution in [2.24, 2.45) is 0 Å². The van der Waals surface area contributed by atoms with Crippen LogP contribution in [0.15, 0.2) is 48.5 Å². The summed E-state index contributed by atoms with van der Waals surface area (Å²) in [5, 5.41) is 3.41. The molecule has 0 aliphatic carbocycles. The lowest BCUT2D eigenvalue weighted by molar-refractivity contribution is -0.139. The van der Waals surface area contributed by atoms with Crippen molar-refractivity contribution in [2.45, 2.75) is 59.2 Å². The third-order valence-corrected chi connectivity index (χ3v) is 7.09. The lowest BCUT2D eigenvalue weighted by Crippen LogP contribution is -2.52. The molecule has 9 heteroatoms. The molecule has 2 aromatic carbocycles. The van der Waals surface area contributed by atoms with Crippen LogP contribution in [0.4, 0.5) is 5.69 Å². The number of benzene rings is 2. The van der Waals surface area contributed by atoms with Crippen molar-refractivity contribution in [1.29, 1.82) is 0 Å². The number of hydrogen-bond donors (Lipinski definition) is 1. The summed E-state index contributed by atoms with van der Waals surface area (Å²) >= 11 is 6.12. The maximum atomic E-state index is 13.6. The van der Waals surface area contributed by atoms with Gasteiger partial charge in [0.1, 0.15) is 12.6 Å². The zero-order valence-corrected chi connectivity index (χ0v) is 22.0. The van der Waals surface area contributed by atoms with E-state index in [-0.39, 0.29) is 18.5 Å². The molecule has 0 aliphatic rings. The Labute approximate surface area is 208 Å². The normalized spacial score (nSPS) is 13.1. The van der Waals surface area contributed by atoms with Crippen LogP contribution in [0, 0.1) is 0 Å². The predicted molar refractivity (Wildman–Crippen MR) is 137 cm³/mol. The molecule has 34 heavy (non-hydrogen) atoms. The molecular formula is C25H34ClN3O4S. The molecule has 2 atom stereocenters. The first-order chi connectivity index (χ1) is 16.0. The van der Waals surface area contributed by atoms with Crippen molar-refractivity contribution in [2.75, 3.05) is 17.1 Å². The molecule has 0 bridgehead atoms. The Kier molecular flexibility index (Phi) is 9.94. The molecule has 0 aromatic heterocycles. The molecule has 0 fully saturated rings. The predicted octanol–water partition coefficient (Wildman–Crippen LogP) is 4.00. The van der Waals surface area contributed by atoms with Gasteiger partial charge in [0.15, 0.2) is 0 Å². The number of nitrogens with one attached hydrogen (secondary N) is 1. The van der Waals surface area contributed by atoms with Gasteiger partial charge in [-0.15, -0.1) is 0 Å². The van der Waals surface area contributed by atoms with Gasteiger partial charge in [-0.1, -0.05) is 55.8 Å². The van der Waals surface area contributed by atoms with Crippen LogP contribution in [0.3, 0.4) is 0 Å². The number of anilines is 1. The van der Waals surface area contributed by atoms with E-state index >= 15 is 0 Å². The summed E-state index contributed by atoms with van der Waals surface area (Å²) < 4.78 is 26.5. The van der Waals surface area contributed by atoms with Gasteiger partial charge >= 0.3 is 0 Å². The van der Waals surface area contributed by atoms with Gasteiger partial charge in [0.2, 0.25) is 21.8 Å². The Bertz CT molecular complexity index is 1110. The molecule has 0 aliphatic heterocycles. The van der Waals surface area contributed by atoms with Crippen LogP contribution in [0.1, 0.15) is 45.2 Å². The number of nitrogens with zero attached hydrogens (tertiary/aromatic N) is 2. The largest absolute Gasteiger partial charge is 0.352 e. The number of aryl methyl sites for hydroxylation is 1. The summed E-state index contributed by atoms with van der Waals surface area (Å²) in [6.45, 7) is 7.11. The fourth-order valence-corrected chi connectivity index (χ4v) is 4.62. The van der Waals surface area contributed by atoms with E-state index in [0.29, 0.717) is 17.1 Å². The lowest BCUT2D eigenvalue weighted by Gasteiger charge is -2.32. The van der Waals surface area contributed by atoms with Crippen molar-refractivity contribution < 1.29 is 18.0 Å². The maximum Gasteiger partial charge on any atom is 0.244 e. The van der Waals surface area contributed by atoms with E-state index in [2.05, 4.69) is 5.32 Å². The minimum absolute atomic E-state index is 0.0537. The maximum absolute atomic E-state index is 13.6. The minimum atomic E-state index is -3.76. The number of sulfonamides is 1. The second kappa shape index (κ2) is 12.2. The van der Waals surface area contributed by atoms with Crippen molar-refractivity contribution in [3.05, 3.63) is 64.7 Å². The molecule has 2 amide bonds. The second-order valence-electron chi connectivity index (χ2n) is 8.40. The average Bonchev–Trinajstić information content (AvgIpc) is 2.79. The fourth-order valence-electron chi connectivity index (χ4n) is 3.53. The third kappa shape index (κ3) is 7.46. The first kappa shape index (κ1) is 27.7. The highest BCUT2D eigenvalue weighted by atomic mass is 35.5. The van der Waals surface area contributed by atoms with E-state index < -0.39 is 28.5 Å². The minimum Gasteiger partial charge on any atom is -0.352 e. The molecule has 186 valence electrons. The molecule has 1 N–H and O–H groups in total. The van der Waals surface area contributed by atoms with E-state index in [1.165, 1.54) is 4.90 Å². The Hall–Kier alpha value is -2.58. The van der Waals surface area contributed by atoms with E-state index in [4.69, 9.17) is 11.6 Å². The van der Waals surface area contributed by atoms with Crippen LogP contribution in [-0.2, 0) is 32.6 Å². The standard InChI is InChI=1S/C25H34ClN3O4S/c1-6-18(3)27-25(31)19(4)28(16-20-11-10-13-22(26)15-20)24(30)17-29(34(5,32)33)23-14-9-8-12-21(23)7-2/h8-15,18-19H,6-7,16-17H2,1-5H3,(H,27,31). The van der Waals surface area contributed by atoms with Crippen molar-refractivity contribution in [1.82, 2.24) is 10.2 Å². The van der Waals surface area contributed by atoms with Gasteiger partial charge < -0.3 is 10.2 Å². The van der Waals surface area contributed by atoms with Gasteiger partial charge in [0.25, 0.3) is 0 Å². The number of hydrogen-bond acceptors (Lipinski definition) is 4. The third-order valence-electron chi connectivity index (χ3n) is 5.73. The Morgan fingerprint density at radius 1 is 1.06 bits per heavy atom. The van der Waals surface area contributed by atoms with Crippen LogP contribution < -0.4 is 9.62 Å². The molecule has 2 rings (SSSR count). The number of amides is 2. The van der Waals surface area contributed by atoms with Gasteiger partial charge in [-0.25, -0.2) is 8.42 Å². The van der Waals surface area contributed by atoms with Crippen molar-refractivity contribution in [3.8, 4) is 0 Å². The Morgan fingerprint density at radius 2 is 1.74 bits per heavy atom. The molecule has 2 aromatic rings. The van der Waals surface area contributed by atoms with E-state index in [1.54, 1.807) is 37.3 Å². The van der Waals surface area contributed by atoms with Gasteiger partial charge in [0.05, 0.1) is 11.9 Å². The van der Waals surface area contributed by atoms with Crippen LogP contribution in [0.25, 0.3) is 0 Å². The summed E-state index contributed by atoms with van der Waals surface area (Å²) in [4.78, 5) is 27.9. The van der Waals surface area contributed by atoms with E-state index in [1.807, 2.05) is 39.0 Å². The van der Waals surface area contributed by atoms with E-state index in [0.717, 1.165) is 28.1 Å². The summed E-state index contributed by atoms with van der Waals surface area (Å²) in [5.41, 5.74) is 2.01. The van der Waals surface area contributed by atoms with Crippen molar-refractivity contribution in [3.63, 3.8) is 0 Å². The van der Waals surface area contributed by atoms with Crippen LogP contribution in [0.2, 0.25) is 5.02 Å². The zero-order chi connectivity index (χ0) is 25.5. The molecule has 2 unspecified atom stereocenters. The summed E-state index contributed by atoms with van der Waals surface area (Å²) in [6.07, 6.45) is 2.43. The molecule has 0 radical (unpaired) electrons. The number of halogens is 1. The molecule has 0 heterocycles. The Morgan fingerprint density at radius 3 is 2.32 bits per heavy atom. The first-order valence-electron chi connectivity index (χ1n) is 11.4. The molecule has 0 saturated heterocycles. The summed E-state index contributed by atoms with van der Waals surface area (Å²) in [7, 11) is -3.76. The highest BCUT2D eigenvalue weighted by molar-refractivity contribution is 7.92. The number of rotatable bonds is 11. The van der Waals surface area contributed by atoms with Gasteiger partial charge in [0, 0.05) is 17.6 Å². The molecule has 7 nitrogen and oxygen atoms in total. The van der Waals surface area contributed by atoms with Crippen LogP contribution in [0.5, 0.6) is 0 Å². The van der Waals surface area contributed by atoms with Crippen LogP contribution >= 0.6 is 11.6 Å². The molecular weight excluding hydrogens is 474 g/mol. The SMILES string of the molecule is CCc1ccccc1N(CC(=O)N(Cc1cccc(Cl)c1)C(C)C(=O)NC(C)CC)S(C)(=O)=O. The fraction of sp³-hybridized carbons (Fsp3) is 0.440. The Balaban J connectivity index is 2.42. The quantitative estimate of drug-likeness (QED) is 0.498. The monoisotopic (exact) mass is 507 g/mol. The second-order valence-corrected chi connectivity index (χ2v) is 10.7. The highest BCUT2D eigenvalue weighted by Gasteiger charge is 2.31. The van der Waals surface area contributed by atoms with E-state index in [9.17, 15) is 18.0 Å². The number of para-hydroxylation sites is 1. The lowest BCUT2D eigenvalue weighted by atomic mass is 10.1. The zero-order valence-electron chi connectivity index (χ0n) is 20.4. The summed E-state index contributed by atoms with van der Waals surface area (Å²) in [6, 6.07) is 13.3. The summed E-state index contributed by atoms with van der Waals surface area (Å²) in [5.74, 6) is -0.785. The number of carbonyl (C=O) groups excluding carboxylic acids is 2. The average molecular weight is 508 g/mol. The van der Waals surface area contributed by atoms with Gasteiger partial charge in [-0.3, -0.25) is 13.9 Å². The van der Waals surface area contributed by atoms with Gasteiger partial charge in [-0.2, -0.15) is 0 Å². The molecule has 0 spiro atoms. The number of carbonyl (C=O) groups is 2. The van der Waals surface area contributed by atoms with Crippen molar-refractivity contribution >= 4 is 39.1 Å². The highest BCUT2D eigenvalue weighted by Crippen LogP contribution is 2.24. The van der Waals surface area contributed by atoms with Gasteiger partial charge in [-0.05, 0) is 56.0 Å². The van der Waals surface area contributed by atoms with Crippen LogP contribution in [-0.4, -0.2) is 50.0 Å². The smallest absolute Gasteiger partial charge is 0.244 e.